The summed E-state index contributed by atoms with van der Waals surface area (Å²) in [5.41, 5.74) is 5.30. The number of nitrogens with zero attached hydrogens (tertiary/aromatic N) is 1. The van der Waals surface area contributed by atoms with E-state index in [-0.39, 0.29) is 11.7 Å². The fourth-order valence-electron chi connectivity index (χ4n) is 1.12. The molecule has 0 aliphatic heterocycles. The predicted molar refractivity (Wildman–Crippen MR) is 63.4 cm³/mol. The van der Waals surface area contributed by atoms with Gasteiger partial charge in [-0.2, -0.15) is 0 Å². The molecule has 0 radical (unpaired) electrons. The van der Waals surface area contributed by atoms with Crippen molar-refractivity contribution in [2.24, 2.45) is 10.9 Å². The van der Waals surface area contributed by atoms with Gasteiger partial charge in [-0.25, -0.2) is 0 Å². The van der Waals surface area contributed by atoms with Gasteiger partial charge in [-0.3, -0.25) is 4.79 Å². The molecule has 0 aliphatic rings. The molecule has 0 saturated heterocycles. The Balaban J connectivity index is 3.23. The Bertz CT molecular complexity index is 219. The molecule has 0 unspecified atom stereocenters. The third kappa shape index (κ3) is 9.26. The van der Waals surface area contributed by atoms with Crippen molar-refractivity contribution in [1.29, 1.82) is 0 Å². The normalized spacial score (nSPS) is 11.4. The van der Waals surface area contributed by atoms with E-state index in [1.54, 1.807) is 0 Å². The first-order valence-corrected chi connectivity index (χ1v) is 5.64. The lowest BCUT2D eigenvalue weighted by Crippen LogP contribution is -2.28. The van der Waals surface area contributed by atoms with Crippen molar-refractivity contribution in [3.8, 4) is 0 Å². The molecule has 0 aromatic heterocycles. The van der Waals surface area contributed by atoms with Crippen LogP contribution in [-0.2, 0) is 4.79 Å². The molecular formula is C10H22N4O2. The van der Waals surface area contributed by atoms with Crippen molar-refractivity contribution in [2.45, 2.75) is 32.6 Å². The van der Waals surface area contributed by atoms with Crippen LogP contribution < -0.4 is 16.4 Å². The monoisotopic (exact) mass is 230 g/mol. The van der Waals surface area contributed by atoms with Gasteiger partial charge in [0.25, 0.3) is 0 Å². The number of rotatable bonds is 9. The minimum absolute atomic E-state index is 0.0748. The number of amides is 1. The van der Waals surface area contributed by atoms with Crippen LogP contribution in [0.1, 0.15) is 32.6 Å². The SMILES string of the molecule is CCCNC(=O)CCNCCCC(N)=NO. The molecule has 0 rings (SSSR count). The van der Waals surface area contributed by atoms with E-state index in [9.17, 15) is 4.79 Å². The van der Waals surface area contributed by atoms with E-state index >= 15 is 0 Å². The number of hydrogen-bond donors (Lipinski definition) is 4. The molecule has 5 N–H and O–H groups in total. The molecule has 0 heterocycles. The number of hydrogen-bond acceptors (Lipinski definition) is 4. The summed E-state index contributed by atoms with van der Waals surface area (Å²) in [6.45, 7) is 4.18. The molecule has 0 aromatic rings. The second-order valence-corrected chi connectivity index (χ2v) is 3.54. The zero-order valence-electron chi connectivity index (χ0n) is 9.83. The Labute approximate surface area is 96.3 Å². The third-order valence-corrected chi connectivity index (χ3v) is 2.02. The van der Waals surface area contributed by atoms with Gasteiger partial charge in [0.15, 0.2) is 0 Å². The Morgan fingerprint density at radius 3 is 2.69 bits per heavy atom. The maximum Gasteiger partial charge on any atom is 0.221 e. The number of nitrogens with two attached hydrogens (primary N) is 1. The quantitative estimate of drug-likeness (QED) is 0.147. The van der Waals surface area contributed by atoms with E-state index in [0.717, 1.165) is 25.9 Å². The zero-order chi connectivity index (χ0) is 12.2. The van der Waals surface area contributed by atoms with Crippen LogP contribution in [0, 0.1) is 0 Å². The van der Waals surface area contributed by atoms with E-state index in [2.05, 4.69) is 15.8 Å². The molecule has 0 atom stereocenters. The largest absolute Gasteiger partial charge is 0.409 e. The van der Waals surface area contributed by atoms with Crippen LogP contribution >= 0.6 is 0 Å². The highest BCUT2D eigenvalue weighted by molar-refractivity contribution is 5.79. The summed E-state index contributed by atoms with van der Waals surface area (Å²) in [6.07, 6.45) is 2.81. The molecule has 0 bridgehead atoms. The lowest BCUT2D eigenvalue weighted by molar-refractivity contribution is -0.120. The fourth-order valence-corrected chi connectivity index (χ4v) is 1.12. The summed E-state index contributed by atoms with van der Waals surface area (Å²) < 4.78 is 0. The molecule has 6 heteroatoms. The van der Waals surface area contributed by atoms with Crippen molar-refractivity contribution in [1.82, 2.24) is 10.6 Å². The van der Waals surface area contributed by atoms with Crippen LogP contribution in [0.3, 0.4) is 0 Å². The molecule has 0 aliphatic carbocycles. The topological polar surface area (TPSA) is 99.7 Å². The summed E-state index contributed by atoms with van der Waals surface area (Å²) >= 11 is 0. The van der Waals surface area contributed by atoms with Gasteiger partial charge in [-0.15, -0.1) is 0 Å². The summed E-state index contributed by atoms with van der Waals surface area (Å²) in [7, 11) is 0. The summed E-state index contributed by atoms with van der Waals surface area (Å²) in [5, 5.41) is 17.1. The number of carbonyl (C=O) groups is 1. The minimum Gasteiger partial charge on any atom is -0.409 e. The Morgan fingerprint density at radius 2 is 2.06 bits per heavy atom. The van der Waals surface area contributed by atoms with Gasteiger partial charge in [0, 0.05) is 25.9 Å². The summed E-state index contributed by atoms with van der Waals surface area (Å²) in [5.74, 6) is 0.313. The number of nitrogens with one attached hydrogen (secondary N) is 2. The maximum absolute atomic E-state index is 11.2. The predicted octanol–water partition coefficient (Wildman–Crippen LogP) is 0.0189. The molecule has 1 amide bonds. The van der Waals surface area contributed by atoms with Gasteiger partial charge in [0.1, 0.15) is 5.84 Å². The second-order valence-electron chi connectivity index (χ2n) is 3.54. The second kappa shape index (κ2) is 10.2. The average Bonchev–Trinajstić information content (AvgIpc) is 2.30. The Hall–Kier alpha value is -1.30. The summed E-state index contributed by atoms with van der Waals surface area (Å²) in [4.78, 5) is 11.2. The zero-order valence-corrected chi connectivity index (χ0v) is 9.83. The molecule has 16 heavy (non-hydrogen) atoms. The average molecular weight is 230 g/mol. The number of carbonyl (C=O) groups excluding carboxylic acids is 1. The van der Waals surface area contributed by atoms with Gasteiger partial charge < -0.3 is 21.6 Å². The van der Waals surface area contributed by atoms with E-state index < -0.39 is 0 Å². The Kier molecular flexibility index (Phi) is 9.39. The molecule has 6 nitrogen and oxygen atoms in total. The highest BCUT2D eigenvalue weighted by Gasteiger charge is 1.99. The third-order valence-electron chi connectivity index (χ3n) is 2.02. The van der Waals surface area contributed by atoms with Gasteiger partial charge in [0.2, 0.25) is 5.91 Å². The molecule has 0 aromatic carbocycles. The lowest BCUT2D eigenvalue weighted by atomic mass is 10.3. The van der Waals surface area contributed by atoms with Crippen LogP contribution in [0.25, 0.3) is 0 Å². The maximum atomic E-state index is 11.2. The smallest absolute Gasteiger partial charge is 0.221 e. The molecule has 0 saturated carbocycles. The molecule has 0 spiro atoms. The number of oxime groups is 1. The highest BCUT2D eigenvalue weighted by Crippen LogP contribution is 1.87. The van der Waals surface area contributed by atoms with Crippen LogP contribution in [0.4, 0.5) is 0 Å². The summed E-state index contributed by atoms with van der Waals surface area (Å²) in [6, 6.07) is 0. The standard InChI is InChI=1S/C10H22N4O2/c1-2-6-13-10(15)5-8-12-7-3-4-9(11)14-16/h12,16H,2-8H2,1H3,(H2,11,14)(H,13,15). The number of amidine groups is 1. The van der Waals surface area contributed by atoms with Crippen molar-refractivity contribution in [3.05, 3.63) is 0 Å². The van der Waals surface area contributed by atoms with Crippen LogP contribution in [0.5, 0.6) is 0 Å². The van der Waals surface area contributed by atoms with Crippen molar-refractivity contribution in [3.63, 3.8) is 0 Å². The fraction of sp³-hybridized carbons (Fsp3) is 0.800. The first-order chi connectivity index (χ1) is 7.70. The van der Waals surface area contributed by atoms with Crippen LogP contribution in [-0.4, -0.2) is 36.6 Å². The van der Waals surface area contributed by atoms with E-state index in [0.29, 0.717) is 19.4 Å². The van der Waals surface area contributed by atoms with Gasteiger partial charge in [0.05, 0.1) is 0 Å². The Morgan fingerprint density at radius 1 is 1.31 bits per heavy atom. The molecule has 0 fully saturated rings. The van der Waals surface area contributed by atoms with Crippen LogP contribution in [0.15, 0.2) is 5.16 Å². The van der Waals surface area contributed by atoms with Crippen molar-refractivity contribution in [2.75, 3.05) is 19.6 Å². The van der Waals surface area contributed by atoms with Gasteiger partial charge in [-0.1, -0.05) is 12.1 Å². The molecule has 94 valence electrons. The first kappa shape index (κ1) is 14.7. The van der Waals surface area contributed by atoms with Crippen molar-refractivity contribution < 1.29 is 10.0 Å². The van der Waals surface area contributed by atoms with Crippen LogP contribution in [0.2, 0.25) is 0 Å². The van der Waals surface area contributed by atoms with E-state index in [1.165, 1.54) is 0 Å². The van der Waals surface area contributed by atoms with E-state index in [4.69, 9.17) is 10.9 Å². The van der Waals surface area contributed by atoms with Crippen molar-refractivity contribution >= 4 is 11.7 Å². The van der Waals surface area contributed by atoms with Gasteiger partial charge >= 0.3 is 0 Å². The minimum atomic E-state index is 0.0748. The van der Waals surface area contributed by atoms with E-state index in [1.807, 2.05) is 6.92 Å². The van der Waals surface area contributed by atoms with Gasteiger partial charge in [-0.05, 0) is 19.4 Å². The lowest BCUT2D eigenvalue weighted by Gasteiger charge is -2.05. The first-order valence-electron chi connectivity index (χ1n) is 5.64. The molecular weight excluding hydrogens is 208 g/mol. The highest BCUT2D eigenvalue weighted by atomic mass is 16.4.